The van der Waals surface area contributed by atoms with Crippen molar-refractivity contribution in [1.82, 2.24) is 15.7 Å². The topological polar surface area (TPSA) is 117 Å². The fourth-order valence-corrected chi connectivity index (χ4v) is 3.69. The highest BCUT2D eigenvalue weighted by molar-refractivity contribution is 5.98. The first-order valence-electron chi connectivity index (χ1n) is 13.1. The second-order valence-electron chi connectivity index (χ2n) is 11.0. The van der Waals surface area contributed by atoms with Crippen molar-refractivity contribution >= 4 is 17.8 Å². The molecule has 2 aromatic rings. The van der Waals surface area contributed by atoms with Gasteiger partial charge in [0.2, 0.25) is 0 Å². The molecule has 1 heterocycles. The van der Waals surface area contributed by atoms with Gasteiger partial charge < -0.3 is 20.0 Å². The number of halogens is 2. The van der Waals surface area contributed by atoms with Crippen molar-refractivity contribution in [3.05, 3.63) is 70.8 Å². The summed E-state index contributed by atoms with van der Waals surface area (Å²) >= 11 is 0. The molecule has 0 bridgehead atoms. The molecular weight excluding hydrogens is 536 g/mol. The van der Waals surface area contributed by atoms with Gasteiger partial charge in [0.1, 0.15) is 6.04 Å². The number of hydrogen-bond donors (Lipinski definition) is 3. The van der Waals surface area contributed by atoms with Crippen LogP contribution in [0.1, 0.15) is 54.7 Å². The van der Waals surface area contributed by atoms with E-state index in [2.05, 4.69) is 26.9 Å². The number of nitrogens with zero attached hydrogens (tertiary/aromatic N) is 1. The second-order valence-corrected chi connectivity index (χ2v) is 11.0. The quantitative estimate of drug-likeness (QED) is 0.346. The van der Waals surface area contributed by atoms with E-state index in [4.69, 9.17) is 4.74 Å². The van der Waals surface area contributed by atoms with E-state index >= 15 is 0 Å². The Morgan fingerprint density at radius 3 is 2.02 bits per heavy atom. The molecule has 1 saturated heterocycles. The Morgan fingerprint density at radius 2 is 1.51 bits per heavy atom. The third-order valence-electron chi connectivity index (χ3n) is 6.38. The normalized spacial score (nSPS) is 16.1. The molecule has 1 fully saturated rings. The van der Waals surface area contributed by atoms with Gasteiger partial charge in [0, 0.05) is 36.3 Å². The van der Waals surface area contributed by atoms with E-state index in [0.29, 0.717) is 12.5 Å². The van der Waals surface area contributed by atoms with Crippen LogP contribution < -0.4 is 10.8 Å². The Hall–Kier alpha value is -3.85. The third kappa shape index (κ3) is 9.08. The summed E-state index contributed by atoms with van der Waals surface area (Å²) in [5.41, 5.74) is 0.427. The van der Waals surface area contributed by atoms with Crippen molar-refractivity contribution in [3.8, 4) is 11.8 Å². The van der Waals surface area contributed by atoms with Crippen molar-refractivity contribution in [3.63, 3.8) is 0 Å². The molecule has 1 aliphatic heterocycles. The van der Waals surface area contributed by atoms with Gasteiger partial charge in [0.05, 0.1) is 18.6 Å². The highest BCUT2D eigenvalue weighted by atomic mass is 19.3. The molecule has 0 radical (unpaired) electrons. The zero-order valence-corrected chi connectivity index (χ0v) is 23.5. The average molecular weight is 572 g/mol. The van der Waals surface area contributed by atoms with Crippen LogP contribution in [0, 0.1) is 17.3 Å². The van der Waals surface area contributed by atoms with Crippen LogP contribution in [0.15, 0.2) is 48.5 Å². The number of carbonyl (C=O) groups excluding carboxylic acids is 3. The predicted octanol–water partition coefficient (Wildman–Crippen LogP) is 2.65. The van der Waals surface area contributed by atoms with Gasteiger partial charge >= 0.3 is 5.97 Å². The number of aliphatic hydroxyl groups is 1. The number of alkyl halides is 2. The molecule has 0 saturated carbocycles. The average Bonchev–Trinajstić information content (AvgIpc) is 2.94. The molecule has 2 amide bonds. The fraction of sp³-hybridized carbons (Fsp3) is 0.433. The molecule has 0 aliphatic carbocycles. The molecule has 3 N–H and O–H groups in total. The molecule has 2 aromatic carbocycles. The van der Waals surface area contributed by atoms with Gasteiger partial charge in [0.15, 0.2) is 5.60 Å². The van der Waals surface area contributed by atoms with Gasteiger partial charge in [-0.05, 0) is 69.7 Å². The first kappa shape index (κ1) is 31.7. The van der Waals surface area contributed by atoms with Crippen LogP contribution in [0.4, 0.5) is 8.78 Å². The van der Waals surface area contributed by atoms with Crippen LogP contribution >= 0.6 is 0 Å². The van der Waals surface area contributed by atoms with Gasteiger partial charge in [-0.15, -0.1) is 0 Å². The number of amides is 2. The van der Waals surface area contributed by atoms with Crippen LogP contribution in [-0.2, 0) is 25.7 Å². The van der Waals surface area contributed by atoms with Gasteiger partial charge in [0.25, 0.3) is 18.2 Å². The molecule has 11 heteroatoms. The number of carbonyl (C=O) groups is 3. The first-order valence-corrected chi connectivity index (χ1v) is 13.1. The van der Waals surface area contributed by atoms with Gasteiger partial charge in [-0.2, -0.15) is 5.48 Å². The largest absolute Gasteiger partial charge is 0.381 e. The summed E-state index contributed by atoms with van der Waals surface area (Å²) in [7, 11) is 0. The second kappa shape index (κ2) is 13.7. The molecule has 0 aromatic heterocycles. The molecular formula is C30H35F2N3O6. The van der Waals surface area contributed by atoms with Crippen LogP contribution in [0.25, 0.3) is 0 Å². The summed E-state index contributed by atoms with van der Waals surface area (Å²) in [5, 5.41) is 12.4. The summed E-state index contributed by atoms with van der Waals surface area (Å²) in [6, 6.07) is 11.8. The summed E-state index contributed by atoms with van der Waals surface area (Å²) in [6.45, 7) is 9.40. The Balaban J connectivity index is 1.64. The lowest BCUT2D eigenvalue weighted by atomic mass is 9.95. The molecule has 9 nitrogen and oxygen atoms in total. The van der Waals surface area contributed by atoms with Crippen molar-refractivity contribution in [1.29, 1.82) is 0 Å². The van der Waals surface area contributed by atoms with Crippen LogP contribution in [0.5, 0.6) is 0 Å². The summed E-state index contributed by atoms with van der Waals surface area (Å²) in [5.74, 6) is 3.01. The zero-order chi connectivity index (χ0) is 30.2. The van der Waals surface area contributed by atoms with Crippen molar-refractivity contribution in [2.75, 3.05) is 26.3 Å². The number of rotatable bonds is 7. The minimum atomic E-state index is -3.40. The highest BCUT2D eigenvalue weighted by Gasteiger charge is 2.46. The lowest BCUT2D eigenvalue weighted by molar-refractivity contribution is -0.171. The first-order chi connectivity index (χ1) is 19.3. The smallest absolute Gasteiger partial charge is 0.337 e. The van der Waals surface area contributed by atoms with Crippen molar-refractivity contribution < 1.29 is 37.8 Å². The molecule has 1 aliphatic rings. The van der Waals surface area contributed by atoms with Crippen LogP contribution in [0.2, 0.25) is 0 Å². The van der Waals surface area contributed by atoms with E-state index in [0.717, 1.165) is 38.4 Å². The lowest BCUT2D eigenvalue weighted by Gasteiger charge is -2.31. The monoisotopic (exact) mass is 571 g/mol. The van der Waals surface area contributed by atoms with Gasteiger partial charge in [-0.3, -0.25) is 14.5 Å². The van der Waals surface area contributed by atoms with Gasteiger partial charge in [-0.25, -0.2) is 13.6 Å². The fourth-order valence-electron chi connectivity index (χ4n) is 3.69. The molecule has 0 spiro atoms. The maximum absolute atomic E-state index is 13.6. The number of hydrogen-bond acceptors (Lipinski definition) is 7. The number of benzene rings is 2. The van der Waals surface area contributed by atoms with E-state index < -0.39 is 41.3 Å². The molecule has 41 heavy (non-hydrogen) atoms. The standard InChI is InChI=1S/C30H35F2N3O6/c1-29(2,3)28(38)41-34-26(37)24(30(4,39)27(31)32)33-25(36)23-13-11-21(12-14-23)6-5-20-7-9-22(10-8-20)19-35-15-17-40-18-16-35/h7-14,24,27,39H,15-19H2,1-4H3,(H,33,36)(H,34,37)/t24-,30?/m1/s1. The lowest BCUT2D eigenvalue weighted by Crippen LogP contribution is -2.62. The number of hydroxylamine groups is 1. The predicted molar refractivity (Wildman–Crippen MR) is 147 cm³/mol. The maximum Gasteiger partial charge on any atom is 0.337 e. The number of ether oxygens (including phenoxy) is 1. The van der Waals surface area contributed by atoms with Crippen molar-refractivity contribution in [2.45, 2.75) is 52.3 Å². The minimum Gasteiger partial charge on any atom is -0.381 e. The van der Waals surface area contributed by atoms with E-state index in [9.17, 15) is 28.3 Å². The van der Waals surface area contributed by atoms with E-state index in [1.54, 1.807) is 17.6 Å². The maximum atomic E-state index is 13.6. The Morgan fingerprint density at radius 1 is 0.976 bits per heavy atom. The van der Waals surface area contributed by atoms with E-state index in [-0.39, 0.29) is 5.56 Å². The summed E-state index contributed by atoms with van der Waals surface area (Å²) < 4.78 is 32.5. The van der Waals surface area contributed by atoms with Crippen LogP contribution in [-0.4, -0.2) is 72.2 Å². The zero-order valence-electron chi connectivity index (χ0n) is 23.5. The minimum absolute atomic E-state index is 0.0394. The highest BCUT2D eigenvalue weighted by Crippen LogP contribution is 2.21. The SMILES string of the molecule is CC(C)(C)C(=O)ONC(=O)[C@@H](NC(=O)c1ccc(C#Cc2ccc(CN3CCOCC3)cc2)cc1)C(C)(O)C(F)F. The summed E-state index contributed by atoms with van der Waals surface area (Å²) in [6.07, 6.45) is -3.40. The Labute approximate surface area is 238 Å². The Bertz CT molecular complexity index is 1270. The van der Waals surface area contributed by atoms with E-state index in [1.165, 1.54) is 38.5 Å². The molecule has 1 unspecified atom stereocenters. The third-order valence-corrected chi connectivity index (χ3v) is 6.38. The number of morpholine rings is 1. The molecule has 220 valence electrons. The Kier molecular flexibility index (Phi) is 10.6. The number of nitrogens with one attached hydrogen (secondary N) is 2. The summed E-state index contributed by atoms with van der Waals surface area (Å²) in [4.78, 5) is 44.3. The molecule has 3 rings (SSSR count). The van der Waals surface area contributed by atoms with Crippen molar-refractivity contribution in [2.24, 2.45) is 5.41 Å². The molecule has 2 atom stereocenters. The van der Waals surface area contributed by atoms with E-state index in [1.807, 2.05) is 24.3 Å². The van der Waals surface area contributed by atoms with Crippen LogP contribution in [0.3, 0.4) is 0 Å². The van der Waals surface area contributed by atoms with Gasteiger partial charge in [-0.1, -0.05) is 24.0 Å².